The summed E-state index contributed by atoms with van der Waals surface area (Å²) in [4.78, 5) is 0. The minimum Gasteiger partial charge on any atom is -0.485 e. The normalized spacial score (nSPS) is 20.5. The van der Waals surface area contributed by atoms with E-state index in [0.717, 1.165) is 11.3 Å². The Hall–Kier alpha value is -1.24. The molecule has 0 fully saturated rings. The Kier molecular flexibility index (Phi) is 1.91. The molecule has 0 saturated carbocycles. The van der Waals surface area contributed by atoms with Crippen LogP contribution in [0.15, 0.2) is 30.8 Å². The first-order valence-corrected chi connectivity index (χ1v) is 4.95. The van der Waals surface area contributed by atoms with E-state index < -0.39 is 0 Å². The van der Waals surface area contributed by atoms with Gasteiger partial charge in [-0.3, -0.25) is 0 Å². The molecule has 0 aliphatic carbocycles. The first-order valence-electron chi connectivity index (χ1n) is 4.95. The summed E-state index contributed by atoms with van der Waals surface area (Å²) in [5, 5.41) is 0. The summed E-state index contributed by atoms with van der Waals surface area (Å²) in [5.41, 5.74) is 2.55. The zero-order chi connectivity index (χ0) is 10.3. The van der Waals surface area contributed by atoms with Gasteiger partial charge in [-0.05, 0) is 0 Å². The van der Waals surface area contributed by atoms with Crippen LogP contribution in [0.2, 0.25) is 0 Å². The van der Waals surface area contributed by atoms with Crippen LogP contribution in [0.1, 0.15) is 38.0 Å². The van der Waals surface area contributed by atoms with Gasteiger partial charge in [0.2, 0.25) is 0 Å². The van der Waals surface area contributed by atoms with Gasteiger partial charge in [-0.25, -0.2) is 0 Å². The van der Waals surface area contributed by atoms with Gasteiger partial charge in [0.25, 0.3) is 0 Å². The van der Waals surface area contributed by atoms with E-state index in [9.17, 15) is 0 Å². The quantitative estimate of drug-likeness (QED) is 0.602. The van der Waals surface area contributed by atoms with Crippen molar-refractivity contribution in [3.05, 3.63) is 42.0 Å². The second-order valence-corrected chi connectivity index (χ2v) is 4.87. The Morgan fingerprint density at radius 1 is 1.21 bits per heavy atom. The van der Waals surface area contributed by atoms with Crippen molar-refractivity contribution >= 4 is 5.76 Å². The smallest absolute Gasteiger partial charge is 0.129 e. The van der Waals surface area contributed by atoms with E-state index in [1.54, 1.807) is 0 Å². The summed E-state index contributed by atoms with van der Waals surface area (Å²) >= 11 is 0. The van der Waals surface area contributed by atoms with Gasteiger partial charge in [0.15, 0.2) is 0 Å². The molecule has 0 spiro atoms. The highest BCUT2D eigenvalue weighted by Gasteiger charge is 2.35. The van der Waals surface area contributed by atoms with Crippen LogP contribution in [0.3, 0.4) is 0 Å². The lowest BCUT2D eigenvalue weighted by molar-refractivity contribution is 0.0751. The maximum atomic E-state index is 5.80. The molecule has 1 unspecified atom stereocenters. The van der Waals surface area contributed by atoms with Crippen molar-refractivity contribution in [2.75, 3.05) is 0 Å². The highest BCUT2D eigenvalue weighted by molar-refractivity contribution is 5.65. The van der Waals surface area contributed by atoms with Crippen molar-refractivity contribution < 1.29 is 4.74 Å². The summed E-state index contributed by atoms with van der Waals surface area (Å²) in [6.45, 7) is 10.5. The summed E-state index contributed by atoms with van der Waals surface area (Å²) in [5.74, 6) is 0.806. The number of hydrogen-bond acceptors (Lipinski definition) is 1. The molecule has 0 saturated heterocycles. The fourth-order valence-electron chi connectivity index (χ4n) is 1.89. The third-order valence-corrected chi connectivity index (χ3v) is 2.59. The average molecular weight is 188 g/mol. The Morgan fingerprint density at radius 3 is 2.50 bits per heavy atom. The number of fused-ring (bicyclic) bond motifs is 1. The minimum absolute atomic E-state index is 0.121. The molecule has 1 heterocycles. The number of benzene rings is 1. The first-order chi connectivity index (χ1) is 6.50. The fourth-order valence-corrected chi connectivity index (χ4v) is 1.89. The van der Waals surface area contributed by atoms with Gasteiger partial charge < -0.3 is 4.74 Å². The van der Waals surface area contributed by atoms with Crippen LogP contribution in [0.5, 0.6) is 0 Å². The lowest BCUT2D eigenvalue weighted by Crippen LogP contribution is -2.17. The van der Waals surface area contributed by atoms with E-state index in [4.69, 9.17) is 4.74 Å². The third kappa shape index (κ3) is 1.33. The van der Waals surface area contributed by atoms with Crippen LogP contribution in [0.25, 0.3) is 5.76 Å². The summed E-state index contributed by atoms with van der Waals surface area (Å²) in [7, 11) is 0. The molecule has 74 valence electrons. The zero-order valence-electron chi connectivity index (χ0n) is 9.00. The number of rotatable bonds is 0. The van der Waals surface area contributed by atoms with Gasteiger partial charge in [-0.1, -0.05) is 51.6 Å². The van der Waals surface area contributed by atoms with Crippen LogP contribution in [-0.2, 0) is 4.74 Å². The second-order valence-electron chi connectivity index (χ2n) is 4.87. The molecule has 1 aliphatic rings. The van der Waals surface area contributed by atoms with Crippen molar-refractivity contribution in [2.24, 2.45) is 5.41 Å². The van der Waals surface area contributed by atoms with Crippen molar-refractivity contribution in [3.8, 4) is 0 Å². The molecule has 1 atom stereocenters. The van der Waals surface area contributed by atoms with Crippen LogP contribution in [0.4, 0.5) is 0 Å². The average Bonchev–Trinajstić information content (AvgIpc) is 2.44. The number of ether oxygens (including phenoxy) is 1. The lowest BCUT2D eigenvalue weighted by atomic mass is 9.84. The van der Waals surface area contributed by atoms with E-state index in [-0.39, 0.29) is 11.5 Å². The maximum Gasteiger partial charge on any atom is 0.129 e. The van der Waals surface area contributed by atoms with Crippen molar-refractivity contribution in [2.45, 2.75) is 26.9 Å². The zero-order valence-corrected chi connectivity index (χ0v) is 9.00. The predicted octanol–water partition coefficient (Wildman–Crippen LogP) is 3.77. The van der Waals surface area contributed by atoms with Gasteiger partial charge in [0, 0.05) is 16.5 Å². The van der Waals surface area contributed by atoms with Crippen LogP contribution >= 0.6 is 0 Å². The summed E-state index contributed by atoms with van der Waals surface area (Å²) in [6, 6.07) is 8.28. The SMILES string of the molecule is C=C1OC(C(C)(C)C)c2ccccc21. The Morgan fingerprint density at radius 2 is 1.86 bits per heavy atom. The molecule has 0 radical (unpaired) electrons. The third-order valence-electron chi connectivity index (χ3n) is 2.59. The van der Waals surface area contributed by atoms with Crippen LogP contribution in [-0.4, -0.2) is 0 Å². The van der Waals surface area contributed by atoms with Gasteiger partial charge in [-0.2, -0.15) is 0 Å². The lowest BCUT2D eigenvalue weighted by Gasteiger charge is -2.26. The first kappa shape index (κ1) is 9.32. The molecule has 0 amide bonds. The van der Waals surface area contributed by atoms with Crippen molar-refractivity contribution in [3.63, 3.8) is 0 Å². The largest absolute Gasteiger partial charge is 0.485 e. The van der Waals surface area contributed by atoms with Gasteiger partial charge in [0.05, 0.1) is 0 Å². The van der Waals surface area contributed by atoms with Crippen molar-refractivity contribution in [1.82, 2.24) is 0 Å². The molecule has 1 nitrogen and oxygen atoms in total. The Labute approximate surface area is 85.4 Å². The van der Waals surface area contributed by atoms with E-state index >= 15 is 0 Å². The van der Waals surface area contributed by atoms with Crippen LogP contribution < -0.4 is 0 Å². The highest BCUT2D eigenvalue weighted by atomic mass is 16.5. The van der Waals surface area contributed by atoms with E-state index in [0.29, 0.717) is 0 Å². The Balaban J connectivity index is 2.50. The molecular formula is C13H16O. The van der Waals surface area contributed by atoms with Crippen LogP contribution in [0, 0.1) is 5.41 Å². The van der Waals surface area contributed by atoms with E-state index in [1.165, 1.54) is 5.56 Å². The molecule has 1 aromatic rings. The summed E-state index contributed by atoms with van der Waals surface area (Å²) < 4.78 is 5.80. The standard InChI is InChI=1S/C13H16O/c1-9-10-7-5-6-8-11(10)12(14-9)13(2,3)4/h5-8,12H,1H2,2-4H3. The highest BCUT2D eigenvalue weighted by Crippen LogP contribution is 2.46. The summed E-state index contributed by atoms with van der Waals surface area (Å²) in [6.07, 6.45) is 0.145. The predicted molar refractivity (Wildman–Crippen MR) is 58.8 cm³/mol. The monoisotopic (exact) mass is 188 g/mol. The molecule has 2 rings (SSSR count). The topological polar surface area (TPSA) is 9.23 Å². The molecule has 0 N–H and O–H groups in total. The number of hydrogen-bond donors (Lipinski definition) is 0. The molecule has 0 aromatic heterocycles. The molecule has 1 aliphatic heterocycles. The van der Waals surface area contributed by atoms with Gasteiger partial charge in [0.1, 0.15) is 11.9 Å². The minimum atomic E-state index is 0.121. The molecular weight excluding hydrogens is 172 g/mol. The van der Waals surface area contributed by atoms with E-state index in [2.05, 4.69) is 45.5 Å². The van der Waals surface area contributed by atoms with Crippen molar-refractivity contribution in [1.29, 1.82) is 0 Å². The maximum absolute atomic E-state index is 5.80. The van der Waals surface area contributed by atoms with E-state index in [1.807, 2.05) is 6.07 Å². The molecule has 14 heavy (non-hydrogen) atoms. The van der Waals surface area contributed by atoms with Gasteiger partial charge >= 0.3 is 0 Å². The second kappa shape index (κ2) is 2.88. The molecule has 0 bridgehead atoms. The van der Waals surface area contributed by atoms with Gasteiger partial charge in [-0.15, -0.1) is 0 Å². The Bertz CT molecular complexity index is 371. The molecule has 1 heteroatoms. The fraction of sp³-hybridized carbons (Fsp3) is 0.385. The molecule has 1 aromatic carbocycles.